The Balaban J connectivity index is 2.11. The number of pyridine rings is 1. The molecule has 0 amide bonds. The topological polar surface area (TPSA) is 30.0 Å². The molecule has 0 aromatic carbocycles. The lowest BCUT2D eigenvalue weighted by Gasteiger charge is -1.97. The first-order valence-corrected chi connectivity index (χ1v) is 5.73. The van der Waals surface area contributed by atoms with Crippen molar-refractivity contribution in [2.45, 2.75) is 6.42 Å². The van der Waals surface area contributed by atoms with Gasteiger partial charge in [0.25, 0.3) is 0 Å². The molecule has 0 aliphatic rings. The van der Waals surface area contributed by atoms with Crippen molar-refractivity contribution in [3.05, 3.63) is 51.2 Å². The molecule has 2 aromatic rings. The molecule has 0 saturated heterocycles. The number of carbonyl (C=O) groups excluding carboxylic acids is 1. The van der Waals surface area contributed by atoms with Gasteiger partial charge in [0.15, 0.2) is 5.78 Å². The smallest absolute Gasteiger partial charge is 0.186 e. The molecule has 2 rings (SSSR count). The molecule has 5 heteroatoms. The van der Waals surface area contributed by atoms with E-state index in [0.717, 1.165) is 11.1 Å². The Morgan fingerprint density at radius 1 is 1.38 bits per heavy atom. The van der Waals surface area contributed by atoms with Gasteiger partial charge in [-0.05, 0) is 24.3 Å². The summed E-state index contributed by atoms with van der Waals surface area (Å²) in [4.78, 5) is 16.3. The minimum atomic E-state index is -0.448. The van der Waals surface area contributed by atoms with Crippen LogP contribution in [0.15, 0.2) is 30.5 Å². The summed E-state index contributed by atoms with van der Waals surface area (Å²) in [5.41, 5.74) is 0.269. The van der Waals surface area contributed by atoms with E-state index in [0.29, 0.717) is 4.34 Å². The fourth-order valence-corrected chi connectivity index (χ4v) is 2.32. The number of rotatable bonds is 3. The molecule has 82 valence electrons. The standard InChI is InChI=1S/C11H7ClFNOS/c12-11-4-2-8(16-11)5-10(15)9-3-1-7(13)6-14-9/h1-4,6H,5H2. The fourth-order valence-electron chi connectivity index (χ4n) is 1.24. The Bertz CT molecular complexity index is 509. The van der Waals surface area contributed by atoms with E-state index in [1.165, 1.54) is 23.5 Å². The van der Waals surface area contributed by atoms with E-state index in [1.54, 1.807) is 12.1 Å². The van der Waals surface area contributed by atoms with Crippen LogP contribution in [-0.4, -0.2) is 10.8 Å². The van der Waals surface area contributed by atoms with Crippen LogP contribution in [0.5, 0.6) is 0 Å². The second-order valence-corrected chi connectivity index (χ2v) is 4.97. The minimum Gasteiger partial charge on any atom is -0.292 e. The molecule has 0 radical (unpaired) electrons. The van der Waals surface area contributed by atoms with Crippen LogP contribution in [0.2, 0.25) is 4.34 Å². The Morgan fingerprint density at radius 3 is 2.75 bits per heavy atom. The molecule has 2 aromatic heterocycles. The van der Waals surface area contributed by atoms with E-state index in [1.807, 2.05) is 0 Å². The van der Waals surface area contributed by atoms with Crippen molar-refractivity contribution in [2.24, 2.45) is 0 Å². The maximum Gasteiger partial charge on any atom is 0.186 e. The van der Waals surface area contributed by atoms with Gasteiger partial charge in [-0.3, -0.25) is 9.78 Å². The zero-order valence-corrected chi connectivity index (χ0v) is 9.69. The molecular weight excluding hydrogens is 249 g/mol. The summed E-state index contributed by atoms with van der Waals surface area (Å²) >= 11 is 7.11. The number of ketones is 1. The SMILES string of the molecule is O=C(Cc1ccc(Cl)s1)c1ccc(F)cn1. The number of Topliss-reactive ketones (excluding diaryl/α,β-unsaturated/α-hetero) is 1. The normalized spacial score (nSPS) is 10.4. The average molecular weight is 256 g/mol. The van der Waals surface area contributed by atoms with E-state index in [2.05, 4.69) is 4.98 Å². The number of halogens is 2. The summed E-state index contributed by atoms with van der Waals surface area (Å²) in [5, 5.41) is 0. The van der Waals surface area contributed by atoms with Crippen LogP contribution >= 0.6 is 22.9 Å². The molecule has 2 nitrogen and oxygen atoms in total. The number of carbonyl (C=O) groups is 1. The van der Waals surface area contributed by atoms with Gasteiger partial charge in [-0.1, -0.05) is 11.6 Å². The van der Waals surface area contributed by atoms with E-state index in [-0.39, 0.29) is 17.9 Å². The molecule has 0 fully saturated rings. The molecular formula is C11H7ClFNOS. The summed E-state index contributed by atoms with van der Waals surface area (Å²) in [6, 6.07) is 6.15. The van der Waals surface area contributed by atoms with Crippen LogP contribution in [0.4, 0.5) is 4.39 Å². The van der Waals surface area contributed by atoms with E-state index < -0.39 is 5.82 Å². The van der Waals surface area contributed by atoms with Crippen LogP contribution in [0, 0.1) is 5.82 Å². The third kappa shape index (κ3) is 2.65. The first-order chi connectivity index (χ1) is 7.65. The molecule has 0 aliphatic heterocycles. The maximum atomic E-state index is 12.6. The van der Waals surface area contributed by atoms with Gasteiger partial charge >= 0.3 is 0 Å². The van der Waals surface area contributed by atoms with Gasteiger partial charge in [0.05, 0.1) is 10.5 Å². The quantitative estimate of drug-likeness (QED) is 0.787. The van der Waals surface area contributed by atoms with Crippen molar-refractivity contribution in [2.75, 3.05) is 0 Å². The highest BCUT2D eigenvalue weighted by Gasteiger charge is 2.10. The summed E-state index contributed by atoms with van der Waals surface area (Å²) < 4.78 is 13.2. The number of nitrogens with zero attached hydrogens (tertiary/aromatic N) is 1. The van der Waals surface area contributed by atoms with Gasteiger partial charge in [-0.25, -0.2) is 4.39 Å². The molecule has 0 saturated carbocycles. The van der Waals surface area contributed by atoms with Gasteiger partial charge in [-0.2, -0.15) is 0 Å². The van der Waals surface area contributed by atoms with Crippen LogP contribution in [0.3, 0.4) is 0 Å². The van der Waals surface area contributed by atoms with Crippen molar-refractivity contribution in [3.63, 3.8) is 0 Å². The van der Waals surface area contributed by atoms with Crippen LogP contribution in [0.25, 0.3) is 0 Å². The lowest BCUT2D eigenvalue weighted by atomic mass is 10.2. The molecule has 0 atom stereocenters. The summed E-state index contributed by atoms with van der Waals surface area (Å²) in [6.45, 7) is 0. The Kier molecular flexibility index (Phi) is 3.31. The molecule has 0 N–H and O–H groups in total. The van der Waals surface area contributed by atoms with Crippen LogP contribution in [0.1, 0.15) is 15.4 Å². The van der Waals surface area contributed by atoms with Crippen LogP contribution in [-0.2, 0) is 6.42 Å². The summed E-state index contributed by atoms with van der Waals surface area (Å²) in [6.07, 6.45) is 1.28. The third-order valence-electron chi connectivity index (χ3n) is 1.98. The van der Waals surface area contributed by atoms with Crippen molar-refractivity contribution in [3.8, 4) is 0 Å². The second kappa shape index (κ2) is 4.72. The van der Waals surface area contributed by atoms with Crippen molar-refractivity contribution < 1.29 is 9.18 Å². The molecule has 0 spiro atoms. The number of aromatic nitrogens is 1. The molecule has 0 aliphatic carbocycles. The number of hydrogen-bond acceptors (Lipinski definition) is 3. The number of thiophene rings is 1. The number of hydrogen-bond donors (Lipinski definition) is 0. The highest BCUT2D eigenvalue weighted by molar-refractivity contribution is 7.16. The van der Waals surface area contributed by atoms with Crippen molar-refractivity contribution in [1.82, 2.24) is 4.98 Å². The lowest BCUT2D eigenvalue weighted by molar-refractivity contribution is 0.0989. The highest BCUT2D eigenvalue weighted by atomic mass is 35.5. The fraction of sp³-hybridized carbons (Fsp3) is 0.0909. The molecule has 16 heavy (non-hydrogen) atoms. The first kappa shape index (κ1) is 11.2. The van der Waals surface area contributed by atoms with Gasteiger partial charge in [0, 0.05) is 11.3 Å². The Labute approximate surface area is 101 Å². The van der Waals surface area contributed by atoms with Crippen LogP contribution < -0.4 is 0 Å². The first-order valence-electron chi connectivity index (χ1n) is 4.54. The largest absolute Gasteiger partial charge is 0.292 e. The second-order valence-electron chi connectivity index (χ2n) is 3.17. The minimum absolute atomic E-state index is 0.140. The lowest BCUT2D eigenvalue weighted by Crippen LogP contribution is -2.04. The highest BCUT2D eigenvalue weighted by Crippen LogP contribution is 2.22. The van der Waals surface area contributed by atoms with Gasteiger partial charge in [-0.15, -0.1) is 11.3 Å². The average Bonchev–Trinajstić information content (AvgIpc) is 2.65. The summed E-state index contributed by atoms with van der Waals surface area (Å²) in [7, 11) is 0. The van der Waals surface area contributed by atoms with Crippen molar-refractivity contribution in [1.29, 1.82) is 0 Å². The molecule has 0 bridgehead atoms. The Hall–Kier alpha value is -1.26. The Morgan fingerprint density at radius 2 is 2.19 bits per heavy atom. The zero-order valence-electron chi connectivity index (χ0n) is 8.11. The van der Waals surface area contributed by atoms with Gasteiger partial charge in [0.2, 0.25) is 0 Å². The monoisotopic (exact) mass is 255 g/mol. The van der Waals surface area contributed by atoms with Crippen molar-refractivity contribution >= 4 is 28.7 Å². The van der Waals surface area contributed by atoms with E-state index >= 15 is 0 Å². The van der Waals surface area contributed by atoms with E-state index in [4.69, 9.17) is 11.6 Å². The molecule has 0 unspecified atom stereocenters. The third-order valence-corrected chi connectivity index (χ3v) is 3.21. The van der Waals surface area contributed by atoms with Gasteiger partial charge < -0.3 is 0 Å². The van der Waals surface area contributed by atoms with E-state index in [9.17, 15) is 9.18 Å². The predicted octanol–water partition coefficient (Wildman–Crippen LogP) is 3.36. The van der Waals surface area contributed by atoms with Gasteiger partial charge in [0.1, 0.15) is 11.5 Å². The predicted molar refractivity (Wildman–Crippen MR) is 61.6 cm³/mol. The molecule has 2 heterocycles. The summed E-state index contributed by atoms with van der Waals surface area (Å²) in [5.74, 6) is -0.589. The maximum absolute atomic E-state index is 12.6. The zero-order chi connectivity index (χ0) is 11.5.